The van der Waals surface area contributed by atoms with E-state index in [-0.39, 0.29) is 46.0 Å². The van der Waals surface area contributed by atoms with Gasteiger partial charge in [-0.2, -0.15) is 5.10 Å². The van der Waals surface area contributed by atoms with Crippen LogP contribution in [0.3, 0.4) is 0 Å². The molecule has 11 atom stereocenters. The fraction of sp³-hybridized carbons (Fsp3) is 0.592. The van der Waals surface area contributed by atoms with Crippen LogP contribution < -0.4 is 10.1 Å². The second-order valence-corrected chi connectivity index (χ2v) is 18.6. The first-order valence-corrected chi connectivity index (χ1v) is 22.7. The minimum Gasteiger partial charge on any atom is -0.507 e. The maximum atomic E-state index is 14.9. The minimum absolute atomic E-state index is 0.00253. The van der Waals surface area contributed by atoms with Crippen LogP contribution >= 0.6 is 0 Å². The Balaban J connectivity index is 1.44. The average molecular weight is 903 g/mol. The maximum absolute atomic E-state index is 14.9. The average Bonchev–Trinajstić information content (AvgIpc) is 3.54. The number of hydrazone groups is 1. The van der Waals surface area contributed by atoms with Gasteiger partial charge in [-0.1, -0.05) is 59.3 Å². The Morgan fingerprint density at radius 2 is 1.69 bits per heavy atom. The van der Waals surface area contributed by atoms with E-state index in [1.165, 1.54) is 46.4 Å². The predicted octanol–water partition coefficient (Wildman–Crippen LogP) is 5.59. The molecule has 1 amide bonds. The Morgan fingerprint density at radius 1 is 1.02 bits per heavy atom. The monoisotopic (exact) mass is 902 g/mol. The van der Waals surface area contributed by atoms with Crippen LogP contribution in [0.4, 0.5) is 0 Å². The van der Waals surface area contributed by atoms with Gasteiger partial charge >= 0.3 is 11.8 Å². The van der Waals surface area contributed by atoms with Crippen molar-refractivity contribution in [1.82, 2.24) is 15.2 Å². The molecule has 8 aliphatic rings. The zero-order valence-electron chi connectivity index (χ0n) is 39.7. The summed E-state index contributed by atoms with van der Waals surface area (Å²) in [6.07, 6.45) is 8.18. The number of benzene rings is 1. The molecule has 1 aromatic carbocycles. The molecule has 1 unspecified atom stereocenters. The Labute approximate surface area is 381 Å². The number of phenols is 1. The third-order valence-electron chi connectivity index (χ3n) is 14.2. The number of piperazine rings is 1. The van der Waals surface area contributed by atoms with Gasteiger partial charge in [0.15, 0.2) is 5.78 Å². The van der Waals surface area contributed by atoms with Crippen molar-refractivity contribution in [2.75, 3.05) is 33.3 Å². The summed E-state index contributed by atoms with van der Waals surface area (Å²) in [6.45, 7) is 21.9. The van der Waals surface area contributed by atoms with Crippen LogP contribution in [-0.2, 0) is 28.5 Å². The van der Waals surface area contributed by atoms with Gasteiger partial charge in [-0.15, -0.1) is 0 Å². The second-order valence-electron chi connectivity index (χ2n) is 18.6. The number of Topliss-reactive ketones (excluding diaryl/α,β-unsaturated/α-hetero) is 3. The Kier molecular flexibility index (Phi) is 14.7. The highest BCUT2D eigenvalue weighted by atomic mass is 16.7. The normalized spacial score (nSPS) is 34.8. The van der Waals surface area contributed by atoms with Crippen molar-refractivity contribution in [3.05, 3.63) is 69.7 Å². The van der Waals surface area contributed by atoms with Crippen molar-refractivity contribution >= 4 is 35.4 Å². The molecule has 2 fully saturated rings. The fourth-order valence-electron chi connectivity index (χ4n) is 9.76. The molecule has 65 heavy (non-hydrogen) atoms. The van der Waals surface area contributed by atoms with Gasteiger partial charge in [0.05, 0.1) is 58.7 Å². The summed E-state index contributed by atoms with van der Waals surface area (Å²) in [5.41, 5.74) is -2.39. The number of phenolic OH excluding ortho intramolecular Hbond substituents is 1. The largest absolute Gasteiger partial charge is 0.507 e. The van der Waals surface area contributed by atoms with Crippen LogP contribution in [0.25, 0.3) is 0 Å². The number of methoxy groups -OCH3 is 1. The third-order valence-corrected chi connectivity index (χ3v) is 14.2. The number of allylic oxidation sites excluding steroid dienone is 4. The Bertz CT molecular complexity index is 2240. The number of nitrogens with zero attached hydrogens (tertiary/aromatic N) is 3. The van der Waals surface area contributed by atoms with Crippen molar-refractivity contribution in [1.29, 1.82) is 0 Å². The van der Waals surface area contributed by atoms with Crippen LogP contribution in [-0.4, -0.2) is 131 Å². The summed E-state index contributed by atoms with van der Waals surface area (Å²) < 4.78 is 30.2. The number of aromatic hydroxyl groups is 1. The number of hydrogen-bond acceptors (Lipinski definition) is 15. The summed E-state index contributed by atoms with van der Waals surface area (Å²) in [7, 11) is 1.46. The molecule has 0 saturated carbocycles. The highest BCUT2D eigenvalue weighted by Crippen LogP contribution is 2.49. The van der Waals surface area contributed by atoms with Gasteiger partial charge in [0.1, 0.15) is 23.3 Å². The number of carbonyl (C=O) groups is 5. The van der Waals surface area contributed by atoms with Crippen molar-refractivity contribution < 1.29 is 57.9 Å². The van der Waals surface area contributed by atoms with Gasteiger partial charge in [-0.05, 0) is 40.2 Å². The summed E-state index contributed by atoms with van der Waals surface area (Å²) in [5.74, 6) is -8.22. The first kappa shape index (κ1) is 49.3. The molecule has 16 heteroatoms. The van der Waals surface area contributed by atoms with E-state index in [4.69, 9.17) is 23.7 Å². The minimum atomic E-state index is -2.08. The summed E-state index contributed by atoms with van der Waals surface area (Å²) in [6, 6.07) is 0.394. The lowest BCUT2D eigenvalue weighted by Gasteiger charge is -2.54. The standard InChI is InChI=1S/C49H66N4O12/c1-13-15-26(3)52-19-21-53(22-20-52)50-24-33-38-42(58)36-35(41(33)57)37-45(30(7)40(36)56)65-49(11,46(37)59)62-23-17-34(61-12)27(4)43(63-32(9)54)28(5)39(55)29(6)44-31(8)48(10,64-44)18-14-16-25(2)47(60)51-38/h14,16-18,23-24,26-29,31,34,39,43-44,55-56H,13,15,19-22H2,1-12H3,(H,51,60)/b18-14+,23-17+,25-16-,50-24+/t26?,27-,28-,29+,31-,34+,39+,43-,44-,48+,49+/m1/s1. The molecule has 7 bridgehead atoms. The fourth-order valence-corrected chi connectivity index (χ4v) is 9.76. The molecule has 1 aliphatic carbocycles. The van der Waals surface area contributed by atoms with E-state index in [1.54, 1.807) is 37.9 Å². The van der Waals surface area contributed by atoms with Gasteiger partial charge in [-0.3, -0.25) is 33.9 Å². The Hall–Kier alpha value is -5.16. The molecule has 7 aliphatic heterocycles. The lowest BCUT2D eigenvalue weighted by Crippen LogP contribution is -2.60. The lowest BCUT2D eigenvalue weighted by molar-refractivity contribution is -0.251. The number of esters is 1. The van der Waals surface area contributed by atoms with Crippen molar-refractivity contribution in [2.24, 2.45) is 28.8 Å². The number of amides is 1. The topological polar surface area (TPSA) is 203 Å². The molecule has 0 radical (unpaired) electrons. The van der Waals surface area contributed by atoms with Crippen LogP contribution in [0.2, 0.25) is 0 Å². The molecular weight excluding hydrogens is 837 g/mol. The number of aliphatic hydroxyl groups excluding tert-OH is 1. The summed E-state index contributed by atoms with van der Waals surface area (Å²) in [5, 5.41) is 32.4. The number of ether oxygens (including phenoxy) is 5. The molecule has 9 rings (SSSR count). The van der Waals surface area contributed by atoms with Crippen molar-refractivity contribution in [3.63, 3.8) is 0 Å². The number of rotatable bonds is 7. The summed E-state index contributed by atoms with van der Waals surface area (Å²) >= 11 is 0. The first-order chi connectivity index (χ1) is 30.6. The van der Waals surface area contributed by atoms with E-state index in [0.29, 0.717) is 19.1 Å². The molecule has 1 aromatic rings. The number of ketones is 3. The second kappa shape index (κ2) is 19.4. The van der Waals surface area contributed by atoms with Gasteiger partial charge in [-0.25, -0.2) is 0 Å². The van der Waals surface area contributed by atoms with Crippen LogP contribution in [0, 0.1) is 30.6 Å². The van der Waals surface area contributed by atoms with Crippen LogP contribution in [0.15, 0.2) is 52.5 Å². The molecular formula is C49H66N4O12. The number of hydrogen-bond donors (Lipinski definition) is 3. The van der Waals surface area contributed by atoms with Gasteiger partial charge in [0.2, 0.25) is 5.78 Å². The molecule has 7 heterocycles. The number of aliphatic hydroxyl groups is 1. The zero-order chi connectivity index (χ0) is 47.9. The van der Waals surface area contributed by atoms with E-state index >= 15 is 0 Å². The van der Waals surface area contributed by atoms with Gasteiger partial charge < -0.3 is 39.2 Å². The lowest BCUT2D eigenvalue weighted by atomic mass is 9.70. The number of carbonyl (C=O) groups excluding carboxylic acids is 5. The zero-order valence-corrected chi connectivity index (χ0v) is 39.7. The van der Waals surface area contributed by atoms with Gasteiger partial charge in [0, 0.05) is 88.0 Å². The van der Waals surface area contributed by atoms with Crippen molar-refractivity contribution in [3.8, 4) is 11.5 Å². The first-order valence-electron chi connectivity index (χ1n) is 22.7. The van der Waals surface area contributed by atoms with E-state index < -0.39 is 93.3 Å². The van der Waals surface area contributed by atoms with E-state index in [9.17, 15) is 34.2 Å². The van der Waals surface area contributed by atoms with Gasteiger partial charge in [0.25, 0.3) is 11.7 Å². The third kappa shape index (κ3) is 9.32. The Morgan fingerprint density at radius 3 is 2.31 bits per heavy atom. The molecule has 3 N–H and O–H groups in total. The van der Waals surface area contributed by atoms with Crippen LogP contribution in [0.5, 0.6) is 11.5 Å². The van der Waals surface area contributed by atoms with E-state index in [1.807, 2.05) is 26.8 Å². The van der Waals surface area contributed by atoms with E-state index in [0.717, 1.165) is 25.9 Å². The molecule has 2 saturated heterocycles. The smallest absolute Gasteiger partial charge is 0.312 e. The molecule has 0 aromatic heterocycles. The highest BCUT2D eigenvalue weighted by Gasteiger charge is 2.54. The van der Waals surface area contributed by atoms with Crippen molar-refractivity contribution in [2.45, 2.75) is 131 Å². The predicted molar refractivity (Wildman–Crippen MR) is 241 cm³/mol. The SMILES string of the molecule is CCCC(C)N1CCN(/N=C/C2=C3NC(=O)/C(C)=C\C=C\[C@]4(C)O[C@H]([C@@H](C)[C@@H](O)[C@@H](C)[C@H](OC(C)=O)[C@H](C)[C@@H](OC)/C=C/O[C@@]5(C)Oc6c(C)c(O)c(c(c6C5=O)C2=O)C3=O)[C@H]4C)CC1. The summed E-state index contributed by atoms with van der Waals surface area (Å²) in [4.78, 5) is 72.8. The highest BCUT2D eigenvalue weighted by molar-refractivity contribution is 6.37. The maximum Gasteiger partial charge on any atom is 0.312 e. The quantitative estimate of drug-likeness (QED) is 0.226. The molecule has 16 nitrogen and oxygen atoms in total. The number of nitrogens with one attached hydrogen (secondary N) is 1. The van der Waals surface area contributed by atoms with E-state index in [2.05, 4.69) is 29.2 Å². The van der Waals surface area contributed by atoms with Crippen LogP contribution in [0.1, 0.15) is 119 Å². The molecule has 0 spiro atoms. The molecule has 354 valence electrons.